The molecule has 1 saturated heterocycles. The van der Waals surface area contributed by atoms with Crippen LogP contribution in [0.25, 0.3) is 5.70 Å². The smallest absolute Gasteiger partial charge is 0.253 e. The van der Waals surface area contributed by atoms with E-state index < -0.39 is 5.54 Å². The molecule has 204 valence electrons. The van der Waals surface area contributed by atoms with Crippen LogP contribution in [-0.4, -0.2) is 42.5 Å². The van der Waals surface area contributed by atoms with Crippen LogP contribution in [0.1, 0.15) is 60.5 Å². The van der Waals surface area contributed by atoms with Crippen molar-refractivity contribution in [3.63, 3.8) is 0 Å². The first-order valence-electron chi connectivity index (χ1n) is 13.7. The molecule has 0 radical (unpaired) electrons. The number of hydrogen-bond donors (Lipinski definition) is 3. The van der Waals surface area contributed by atoms with Gasteiger partial charge < -0.3 is 26.0 Å². The van der Waals surface area contributed by atoms with Crippen LogP contribution in [0.2, 0.25) is 0 Å². The normalized spacial score (nSPS) is 20.5. The zero-order valence-corrected chi connectivity index (χ0v) is 23.0. The molecule has 5 rings (SSSR count). The van der Waals surface area contributed by atoms with Gasteiger partial charge in [-0.2, -0.15) is 0 Å². The third-order valence-electron chi connectivity index (χ3n) is 8.11. The van der Waals surface area contributed by atoms with Crippen molar-refractivity contribution >= 4 is 23.2 Å². The van der Waals surface area contributed by atoms with Crippen LogP contribution in [0.5, 0.6) is 5.75 Å². The number of amides is 2. The Morgan fingerprint density at radius 1 is 1.10 bits per heavy atom. The summed E-state index contributed by atoms with van der Waals surface area (Å²) in [5, 5.41) is 6.26. The quantitative estimate of drug-likeness (QED) is 0.484. The molecule has 39 heavy (non-hydrogen) atoms. The summed E-state index contributed by atoms with van der Waals surface area (Å²) in [5.74, 6) is 0.546. The second kappa shape index (κ2) is 10.7. The molecule has 1 aliphatic carbocycles. The molecule has 1 atom stereocenters. The van der Waals surface area contributed by atoms with E-state index in [-0.39, 0.29) is 11.8 Å². The lowest BCUT2D eigenvalue weighted by molar-refractivity contribution is -0.119. The molecule has 1 unspecified atom stereocenters. The average molecular weight is 527 g/mol. The van der Waals surface area contributed by atoms with Crippen molar-refractivity contribution in [1.82, 2.24) is 10.2 Å². The molecular formula is C32H38N4O3. The van der Waals surface area contributed by atoms with E-state index in [2.05, 4.69) is 10.6 Å². The van der Waals surface area contributed by atoms with Gasteiger partial charge in [0.15, 0.2) is 0 Å². The Labute approximate surface area is 230 Å². The minimum absolute atomic E-state index is 0.0588. The van der Waals surface area contributed by atoms with Crippen molar-refractivity contribution in [2.45, 2.75) is 51.5 Å². The predicted octanol–water partition coefficient (Wildman–Crippen LogP) is 5.15. The molecule has 4 N–H and O–H groups in total. The molecule has 2 aromatic carbocycles. The minimum Gasteiger partial charge on any atom is -0.496 e. The molecule has 2 heterocycles. The first-order valence-corrected chi connectivity index (χ1v) is 13.7. The highest BCUT2D eigenvalue weighted by atomic mass is 16.5. The predicted molar refractivity (Wildman–Crippen MR) is 155 cm³/mol. The number of nitrogens with zero attached hydrogens (tertiary/aromatic N) is 1. The molecule has 7 nitrogen and oxygen atoms in total. The maximum Gasteiger partial charge on any atom is 0.253 e. The van der Waals surface area contributed by atoms with E-state index >= 15 is 0 Å². The molecule has 2 aliphatic heterocycles. The van der Waals surface area contributed by atoms with E-state index in [4.69, 9.17) is 10.5 Å². The van der Waals surface area contributed by atoms with Gasteiger partial charge in [-0.25, -0.2) is 0 Å². The van der Waals surface area contributed by atoms with Crippen molar-refractivity contribution in [1.29, 1.82) is 0 Å². The summed E-state index contributed by atoms with van der Waals surface area (Å²) >= 11 is 0. The highest BCUT2D eigenvalue weighted by Gasteiger charge is 2.45. The third kappa shape index (κ3) is 5.78. The van der Waals surface area contributed by atoms with E-state index in [0.717, 1.165) is 41.4 Å². The zero-order valence-electron chi connectivity index (χ0n) is 23.0. The number of carbonyl (C=O) groups excluding carboxylic acids is 2. The van der Waals surface area contributed by atoms with Crippen LogP contribution >= 0.6 is 0 Å². The molecule has 2 aromatic rings. The second-order valence-corrected chi connectivity index (χ2v) is 11.4. The maximum absolute atomic E-state index is 13.1. The Bertz CT molecular complexity index is 1340. The first-order chi connectivity index (χ1) is 18.7. The summed E-state index contributed by atoms with van der Waals surface area (Å²) in [6.07, 6.45) is 13.8. The van der Waals surface area contributed by atoms with Crippen LogP contribution in [0, 0.1) is 12.3 Å². The standard InChI is InChI=1S/C32H38N4O3/c1-22-18-24(12-15-28(22)39-3)27-9-7-8-26(34-27)19-31(2,33)30(38)35-25-13-10-23(11-14-25)29(37)36-20-32(21-36)16-5-4-6-17-32/h7-15,18-19,34H,4-6,16-17,20-21,33H2,1-3H3,(H,35,38)/b26-19-. The molecular weight excluding hydrogens is 488 g/mol. The third-order valence-corrected chi connectivity index (χ3v) is 8.11. The van der Waals surface area contributed by atoms with Crippen LogP contribution in [0.15, 0.2) is 72.5 Å². The van der Waals surface area contributed by atoms with Gasteiger partial charge in [0, 0.05) is 41.1 Å². The molecule has 0 bridgehead atoms. The van der Waals surface area contributed by atoms with E-state index in [1.54, 1.807) is 44.4 Å². The van der Waals surface area contributed by atoms with Crippen LogP contribution < -0.4 is 21.1 Å². The topological polar surface area (TPSA) is 96.7 Å². The van der Waals surface area contributed by atoms with E-state index in [0.29, 0.717) is 16.7 Å². The summed E-state index contributed by atoms with van der Waals surface area (Å²) in [6, 6.07) is 13.0. The number of likely N-dealkylation sites (tertiary alicyclic amines) is 1. The molecule has 2 fully saturated rings. The minimum atomic E-state index is -1.27. The Morgan fingerprint density at radius 3 is 2.49 bits per heavy atom. The number of rotatable bonds is 6. The Morgan fingerprint density at radius 2 is 1.82 bits per heavy atom. The van der Waals surface area contributed by atoms with Crippen molar-refractivity contribution in [2.24, 2.45) is 11.1 Å². The van der Waals surface area contributed by atoms with Gasteiger partial charge in [-0.05, 0) is 98.5 Å². The average Bonchev–Trinajstić information content (AvgIpc) is 2.92. The highest BCUT2D eigenvalue weighted by Crippen LogP contribution is 2.44. The van der Waals surface area contributed by atoms with Crippen LogP contribution in [-0.2, 0) is 4.79 Å². The first kappa shape index (κ1) is 26.8. The maximum atomic E-state index is 13.1. The SMILES string of the molecule is COc1ccc(C2=CC=C/C(=C/C(C)(N)C(=O)Nc3ccc(C(=O)N4CC5(CCCCC5)C4)cc3)N2)cc1C. The van der Waals surface area contributed by atoms with Crippen molar-refractivity contribution in [2.75, 3.05) is 25.5 Å². The number of nitrogens with one attached hydrogen (secondary N) is 2. The second-order valence-electron chi connectivity index (χ2n) is 11.4. The van der Waals surface area contributed by atoms with E-state index in [1.165, 1.54) is 32.1 Å². The number of dihydropyridines is 1. The zero-order chi connectivity index (χ0) is 27.6. The molecule has 0 aromatic heterocycles. The van der Waals surface area contributed by atoms with Gasteiger partial charge in [-0.15, -0.1) is 0 Å². The monoisotopic (exact) mass is 526 g/mol. The molecule has 1 saturated carbocycles. The lowest BCUT2D eigenvalue weighted by Crippen LogP contribution is -2.59. The number of allylic oxidation sites excluding steroid dienone is 3. The fraction of sp³-hybridized carbons (Fsp3) is 0.375. The van der Waals surface area contributed by atoms with Crippen molar-refractivity contribution in [3.05, 3.63) is 89.2 Å². The summed E-state index contributed by atoms with van der Waals surface area (Å²) in [4.78, 5) is 28.0. The number of nitrogens with two attached hydrogens (primary N) is 1. The molecule has 1 spiro atoms. The lowest BCUT2D eigenvalue weighted by atomic mass is 9.68. The fourth-order valence-corrected chi connectivity index (χ4v) is 5.84. The van der Waals surface area contributed by atoms with E-state index in [9.17, 15) is 9.59 Å². The molecule has 7 heteroatoms. The Hall–Kier alpha value is -3.84. The number of carbonyl (C=O) groups is 2. The summed E-state index contributed by atoms with van der Waals surface area (Å²) in [6.45, 7) is 5.40. The van der Waals surface area contributed by atoms with Crippen molar-refractivity contribution < 1.29 is 14.3 Å². The van der Waals surface area contributed by atoms with Gasteiger partial charge in [0.1, 0.15) is 11.3 Å². The van der Waals surface area contributed by atoms with Gasteiger partial charge in [0.25, 0.3) is 5.91 Å². The summed E-state index contributed by atoms with van der Waals surface area (Å²) in [5.41, 5.74) is 10.4. The van der Waals surface area contributed by atoms with Gasteiger partial charge in [-0.3, -0.25) is 9.59 Å². The van der Waals surface area contributed by atoms with Gasteiger partial charge >= 0.3 is 0 Å². The Balaban J connectivity index is 1.19. The number of benzene rings is 2. The number of anilines is 1. The summed E-state index contributed by atoms with van der Waals surface area (Å²) < 4.78 is 5.36. The van der Waals surface area contributed by atoms with Gasteiger partial charge in [-0.1, -0.05) is 25.3 Å². The van der Waals surface area contributed by atoms with Crippen LogP contribution in [0.4, 0.5) is 5.69 Å². The lowest BCUT2D eigenvalue weighted by Gasteiger charge is -2.52. The van der Waals surface area contributed by atoms with Gasteiger partial charge in [0.2, 0.25) is 5.91 Å². The molecule has 3 aliphatic rings. The van der Waals surface area contributed by atoms with Crippen molar-refractivity contribution in [3.8, 4) is 5.75 Å². The Kier molecular flexibility index (Phi) is 7.36. The number of methoxy groups -OCH3 is 1. The number of ether oxygens (including phenoxy) is 1. The van der Waals surface area contributed by atoms with Crippen LogP contribution in [0.3, 0.4) is 0 Å². The fourth-order valence-electron chi connectivity index (χ4n) is 5.84. The largest absolute Gasteiger partial charge is 0.496 e. The number of hydrogen-bond acceptors (Lipinski definition) is 5. The molecule has 2 amide bonds. The summed E-state index contributed by atoms with van der Waals surface area (Å²) in [7, 11) is 1.66. The van der Waals surface area contributed by atoms with Gasteiger partial charge in [0.05, 0.1) is 7.11 Å². The number of aryl methyl sites for hydroxylation is 1. The van der Waals surface area contributed by atoms with E-state index in [1.807, 2.05) is 48.3 Å². The highest BCUT2D eigenvalue weighted by molar-refractivity contribution is 6.00.